The Hall–Kier alpha value is -3.01. The summed E-state index contributed by atoms with van der Waals surface area (Å²) in [5, 5.41) is 21.3. The summed E-state index contributed by atoms with van der Waals surface area (Å²) in [5.74, 6) is 1.96. The van der Waals surface area contributed by atoms with E-state index < -0.39 is 0 Å². The standard InChI is InChI=1S/C16H15ClN8O2/c1-24-8-18-13(21-24)7-26-16-10(9-3-2-4-9)5-14-19-20-15(25(14)22-16)11-6-12(17)27-23-11/h5-6,8-9H,2-4,7H2,1H3. The van der Waals surface area contributed by atoms with Crippen LogP contribution < -0.4 is 4.74 Å². The number of nitrogens with zero attached hydrogens (tertiary/aromatic N) is 8. The van der Waals surface area contributed by atoms with Gasteiger partial charge in [0.05, 0.1) is 0 Å². The summed E-state index contributed by atoms with van der Waals surface area (Å²) >= 11 is 5.82. The Morgan fingerprint density at radius 2 is 2.15 bits per heavy atom. The van der Waals surface area contributed by atoms with E-state index in [2.05, 4.69) is 30.5 Å². The first-order chi connectivity index (χ1) is 13.2. The SMILES string of the molecule is Cn1cnc(COc2nn3c(-c4cc(Cl)on4)nnc3cc2C2CCC2)n1. The molecule has 0 N–H and O–H groups in total. The molecule has 4 aromatic rings. The number of fused-ring (bicyclic) bond motifs is 1. The molecule has 0 saturated heterocycles. The molecule has 1 fully saturated rings. The van der Waals surface area contributed by atoms with Crippen LogP contribution in [0.2, 0.25) is 5.22 Å². The summed E-state index contributed by atoms with van der Waals surface area (Å²) < 4.78 is 14.1. The van der Waals surface area contributed by atoms with Crippen LogP contribution in [-0.2, 0) is 13.7 Å². The number of hydrogen-bond acceptors (Lipinski definition) is 8. The van der Waals surface area contributed by atoms with Gasteiger partial charge in [0.15, 0.2) is 23.8 Å². The van der Waals surface area contributed by atoms with Gasteiger partial charge >= 0.3 is 0 Å². The second kappa shape index (κ2) is 6.31. The van der Waals surface area contributed by atoms with Crippen LogP contribution in [0.3, 0.4) is 0 Å². The lowest BCUT2D eigenvalue weighted by Gasteiger charge is -2.26. The van der Waals surface area contributed by atoms with Crippen LogP contribution in [0.15, 0.2) is 23.0 Å². The summed E-state index contributed by atoms with van der Waals surface area (Å²) in [6.07, 6.45) is 5.05. The summed E-state index contributed by atoms with van der Waals surface area (Å²) in [5.41, 5.74) is 2.10. The molecule has 0 bridgehead atoms. The van der Waals surface area contributed by atoms with E-state index in [0.29, 0.717) is 34.8 Å². The van der Waals surface area contributed by atoms with Crippen molar-refractivity contribution in [3.05, 3.63) is 35.1 Å². The van der Waals surface area contributed by atoms with E-state index in [9.17, 15) is 0 Å². The van der Waals surface area contributed by atoms with Crippen molar-refractivity contribution in [3.63, 3.8) is 0 Å². The lowest BCUT2D eigenvalue weighted by atomic mass is 9.80. The molecule has 0 aromatic carbocycles. The lowest BCUT2D eigenvalue weighted by molar-refractivity contribution is 0.268. The molecule has 27 heavy (non-hydrogen) atoms. The van der Waals surface area contributed by atoms with Gasteiger partial charge in [0.25, 0.3) is 0 Å². The van der Waals surface area contributed by atoms with E-state index in [1.165, 1.54) is 6.42 Å². The van der Waals surface area contributed by atoms with Crippen molar-refractivity contribution in [2.24, 2.45) is 7.05 Å². The highest BCUT2D eigenvalue weighted by Crippen LogP contribution is 2.40. The molecule has 0 aliphatic heterocycles. The van der Waals surface area contributed by atoms with Crippen molar-refractivity contribution >= 4 is 17.2 Å². The first kappa shape index (κ1) is 16.2. The number of ether oxygens (including phenoxy) is 1. The monoisotopic (exact) mass is 386 g/mol. The Bertz CT molecular complexity index is 1110. The lowest BCUT2D eigenvalue weighted by Crippen LogP contribution is -2.14. The molecule has 138 valence electrons. The second-order valence-corrected chi connectivity index (χ2v) is 6.84. The van der Waals surface area contributed by atoms with Crippen molar-refractivity contribution in [1.29, 1.82) is 0 Å². The second-order valence-electron chi connectivity index (χ2n) is 6.47. The van der Waals surface area contributed by atoms with Gasteiger partial charge in [-0.2, -0.15) is 9.61 Å². The third kappa shape index (κ3) is 2.91. The van der Waals surface area contributed by atoms with Crippen LogP contribution >= 0.6 is 11.6 Å². The highest BCUT2D eigenvalue weighted by Gasteiger charge is 2.26. The fourth-order valence-corrected chi connectivity index (χ4v) is 3.19. The topological polar surface area (TPSA) is 109 Å². The van der Waals surface area contributed by atoms with Gasteiger partial charge in [-0.3, -0.25) is 4.68 Å². The molecule has 1 saturated carbocycles. The molecule has 0 spiro atoms. The molecule has 0 unspecified atom stereocenters. The summed E-state index contributed by atoms with van der Waals surface area (Å²) in [4.78, 5) is 4.19. The number of aromatic nitrogens is 8. The molecule has 0 amide bonds. The van der Waals surface area contributed by atoms with Gasteiger partial charge in [0.2, 0.25) is 16.9 Å². The van der Waals surface area contributed by atoms with Crippen LogP contribution in [0.5, 0.6) is 5.88 Å². The normalized spacial score (nSPS) is 14.6. The average Bonchev–Trinajstić information content (AvgIpc) is 3.31. The van der Waals surface area contributed by atoms with Gasteiger partial charge in [-0.25, -0.2) is 4.98 Å². The molecule has 1 aliphatic rings. The van der Waals surface area contributed by atoms with Crippen molar-refractivity contribution in [3.8, 4) is 17.4 Å². The smallest absolute Gasteiger partial charge is 0.235 e. The number of halogens is 1. The molecular formula is C16H15ClN8O2. The molecule has 5 rings (SSSR count). The first-order valence-corrected chi connectivity index (χ1v) is 8.91. The Morgan fingerprint density at radius 3 is 2.81 bits per heavy atom. The number of aryl methyl sites for hydroxylation is 1. The zero-order valence-electron chi connectivity index (χ0n) is 14.4. The Balaban J connectivity index is 1.55. The van der Waals surface area contributed by atoms with Gasteiger partial charge in [-0.15, -0.1) is 15.3 Å². The maximum atomic E-state index is 5.97. The van der Waals surface area contributed by atoms with Gasteiger partial charge in [0, 0.05) is 18.7 Å². The maximum Gasteiger partial charge on any atom is 0.235 e. The predicted molar refractivity (Wildman–Crippen MR) is 93.2 cm³/mol. The van der Waals surface area contributed by atoms with Crippen molar-refractivity contribution < 1.29 is 9.26 Å². The first-order valence-electron chi connectivity index (χ1n) is 8.53. The number of rotatable bonds is 5. The van der Waals surface area contributed by atoms with Gasteiger partial charge in [-0.1, -0.05) is 11.6 Å². The van der Waals surface area contributed by atoms with Crippen LogP contribution in [-0.4, -0.2) is 39.7 Å². The van der Waals surface area contributed by atoms with E-state index in [-0.39, 0.29) is 11.8 Å². The highest BCUT2D eigenvalue weighted by atomic mass is 35.5. The quantitative estimate of drug-likeness (QED) is 0.514. The Kier molecular flexibility index (Phi) is 3.78. The van der Waals surface area contributed by atoms with E-state index in [4.69, 9.17) is 20.9 Å². The van der Waals surface area contributed by atoms with E-state index in [0.717, 1.165) is 18.4 Å². The predicted octanol–water partition coefficient (Wildman–Crippen LogP) is 2.41. The summed E-state index contributed by atoms with van der Waals surface area (Å²) in [6, 6.07) is 3.54. The van der Waals surface area contributed by atoms with Crippen LogP contribution in [0.4, 0.5) is 0 Å². The van der Waals surface area contributed by atoms with Gasteiger partial charge in [0.1, 0.15) is 6.33 Å². The average molecular weight is 387 g/mol. The molecule has 0 radical (unpaired) electrons. The molecule has 4 aromatic heterocycles. The summed E-state index contributed by atoms with van der Waals surface area (Å²) in [7, 11) is 1.81. The number of hydrogen-bond donors (Lipinski definition) is 0. The van der Waals surface area contributed by atoms with E-state index in [1.54, 1.807) is 21.6 Å². The van der Waals surface area contributed by atoms with Crippen molar-refractivity contribution in [2.75, 3.05) is 0 Å². The van der Waals surface area contributed by atoms with Crippen LogP contribution in [0, 0.1) is 0 Å². The Labute approximate surface area is 158 Å². The third-order valence-electron chi connectivity index (χ3n) is 4.63. The zero-order valence-corrected chi connectivity index (χ0v) is 15.2. The minimum Gasteiger partial charge on any atom is -0.468 e. The van der Waals surface area contributed by atoms with Crippen LogP contribution in [0.1, 0.15) is 36.6 Å². The summed E-state index contributed by atoms with van der Waals surface area (Å²) in [6.45, 7) is 0.228. The Morgan fingerprint density at radius 1 is 1.26 bits per heavy atom. The van der Waals surface area contributed by atoms with Gasteiger partial charge in [-0.05, 0) is 36.4 Å². The fraction of sp³-hybridized carbons (Fsp3) is 0.375. The van der Waals surface area contributed by atoms with Crippen molar-refractivity contribution in [2.45, 2.75) is 31.8 Å². The van der Waals surface area contributed by atoms with Gasteiger partial charge < -0.3 is 9.26 Å². The molecular weight excluding hydrogens is 372 g/mol. The fourth-order valence-electron chi connectivity index (χ4n) is 3.05. The molecule has 1 aliphatic carbocycles. The van der Waals surface area contributed by atoms with Crippen LogP contribution in [0.25, 0.3) is 17.2 Å². The molecule has 10 nitrogen and oxygen atoms in total. The van der Waals surface area contributed by atoms with E-state index in [1.807, 2.05) is 13.1 Å². The van der Waals surface area contributed by atoms with E-state index >= 15 is 0 Å². The van der Waals surface area contributed by atoms with Crippen molar-refractivity contribution in [1.82, 2.24) is 39.7 Å². The highest BCUT2D eigenvalue weighted by molar-refractivity contribution is 6.29. The maximum absolute atomic E-state index is 5.97. The minimum atomic E-state index is 0.172. The third-order valence-corrected chi connectivity index (χ3v) is 4.81. The largest absolute Gasteiger partial charge is 0.468 e. The minimum absolute atomic E-state index is 0.172. The molecule has 11 heteroatoms. The molecule has 4 heterocycles. The molecule has 0 atom stereocenters. The zero-order chi connectivity index (χ0) is 18.4.